The first kappa shape index (κ1) is 15.8. The van der Waals surface area contributed by atoms with E-state index in [0.29, 0.717) is 0 Å². The Morgan fingerprint density at radius 3 is 2.45 bits per heavy atom. The number of carboxylic acids is 1. The van der Waals surface area contributed by atoms with Gasteiger partial charge in [0, 0.05) is 17.8 Å². The van der Waals surface area contributed by atoms with Crippen molar-refractivity contribution in [2.24, 2.45) is 0 Å². The molecule has 0 saturated heterocycles. The highest BCUT2D eigenvalue weighted by atomic mass is 19.4. The molecule has 0 unspecified atom stereocenters. The number of carboxylic acid groups (broad SMARTS) is 1. The molecule has 3 nitrogen and oxygen atoms in total. The van der Waals surface area contributed by atoms with Gasteiger partial charge in [-0.2, -0.15) is 13.2 Å². The second-order valence-corrected chi connectivity index (χ2v) is 4.54. The summed E-state index contributed by atoms with van der Waals surface area (Å²) in [6.07, 6.45) is -4.45. The molecule has 0 aliphatic heterocycles. The van der Waals surface area contributed by atoms with Gasteiger partial charge in [0.25, 0.3) is 0 Å². The zero-order valence-electron chi connectivity index (χ0n) is 11.1. The number of nitrogens with one attached hydrogen (secondary N) is 1. The van der Waals surface area contributed by atoms with Crippen molar-refractivity contribution >= 4 is 11.7 Å². The summed E-state index contributed by atoms with van der Waals surface area (Å²) in [5, 5.41) is 11.4. The van der Waals surface area contributed by atoms with Crippen LogP contribution in [0.3, 0.4) is 0 Å². The zero-order chi connectivity index (χ0) is 16.3. The second-order valence-electron chi connectivity index (χ2n) is 4.54. The molecule has 2 N–H and O–H groups in total. The molecule has 0 radical (unpaired) electrons. The van der Waals surface area contributed by atoms with Gasteiger partial charge < -0.3 is 10.4 Å². The molecule has 2 aromatic rings. The summed E-state index contributed by atoms with van der Waals surface area (Å²) in [6.45, 7) is -0.0625. The minimum Gasteiger partial charge on any atom is -0.478 e. The van der Waals surface area contributed by atoms with Crippen LogP contribution in [0.5, 0.6) is 0 Å². The molecule has 0 spiro atoms. The van der Waals surface area contributed by atoms with Crippen molar-refractivity contribution in [2.75, 3.05) is 5.32 Å². The third-order valence-corrected chi connectivity index (χ3v) is 2.97. The summed E-state index contributed by atoms with van der Waals surface area (Å²) in [5.74, 6) is -1.99. The standard InChI is InChI=1S/C15H11F4NO2/c16-13-6-9(14(21)22)4-5-10(13)8-20-12-3-1-2-11(7-12)15(17,18)19/h1-7,20H,8H2,(H,21,22). The molecule has 0 bridgehead atoms. The average Bonchev–Trinajstić information content (AvgIpc) is 2.45. The highest BCUT2D eigenvalue weighted by Crippen LogP contribution is 2.30. The monoisotopic (exact) mass is 313 g/mol. The van der Waals surface area contributed by atoms with E-state index in [0.717, 1.165) is 18.2 Å². The summed E-state index contributed by atoms with van der Waals surface area (Å²) >= 11 is 0. The average molecular weight is 313 g/mol. The lowest BCUT2D eigenvalue weighted by Crippen LogP contribution is -2.07. The van der Waals surface area contributed by atoms with E-state index in [1.165, 1.54) is 24.3 Å². The Morgan fingerprint density at radius 1 is 1.14 bits per heavy atom. The van der Waals surface area contributed by atoms with Crippen molar-refractivity contribution in [2.45, 2.75) is 12.7 Å². The quantitative estimate of drug-likeness (QED) is 0.834. The van der Waals surface area contributed by atoms with Crippen molar-refractivity contribution in [3.8, 4) is 0 Å². The molecular formula is C15H11F4NO2. The SMILES string of the molecule is O=C(O)c1ccc(CNc2cccc(C(F)(F)F)c2)c(F)c1. The minimum absolute atomic E-state index is 0.0625. The fourth-order valence-corrected chi connectivity index (χ4v) is 1.83. The van der Waals surface area contributed by atoms with Crippen LogP contribution in [0.15, 0.2) is 42.5 Å². The van der Waals surface area contributed by atoms with Gasteiger partial charge in [-0.15, -0.1) is 0 Å². The maximum atomic E-state index is 13.7. The number of hydrogen-bond acceptors (Lipinski definition) is 2. The van der Waals surface area contributed by atoms with Gasteiger partial charge in [0.2, 0.25) is 0 Å². The van der Waals surface area contributed by atoms with Crippen LogP contribution < -0.4 is 5.32 Å². The summed E-state index contributed by atoms with van der Waals surface area (Å²) in [5.41, 5.74) is -0.654. The van der Waals surface area contributed by atoms with Crippen LogP contribution in [0.4, 0.5) is 23.2 Å². The van der Waals surface area contributed by atoms with Crippen molar-refractivity contribution in [3.05, 3.63) is 65.0 Å². The van der Waals surface area contributed by atoms with Crippen LogP contribution in [-0.2, 0) is 12.7 Å². The predicted octanol–water partition coefficient (Wildman–Crippen LogP) is 4.15. The molecule has 2 rings (SSSR count). The number of benzene rings is 2. The van der Waals surface area contributed by atoms with Gasteiger partial charge >= 0.3 is 12.1 Å². The maximum absolute atomic E-state index is 13.7. The molecule has 7 heteroatoms. The molecule has 22 heavy (non-hydrogen) atoms. The number of hydrogen-bond donors (Lipinski definition) is 2. The Labute approximate surface area is 123 Å². The number of aromatic carboxylic acids is 1. The van der Waals surface area contributed by atoms with Gasteiger partial charge in [0.1, 0.15) is 5.82 Å². The van der Waals surface area contributed by atoms with Gasteiger partial charge in [-0.3, -0.25) is 0 Å². The van der Waals surface area contributed by atoms with Crippen LogP contribution in [0, 0.1) is 5.82 Å². The summed E-state index contributed by atoms with van der Waals surface area (Å²) in [7, 11) is 0. The van der Waals surface area contributed by atoms with E-state index in [1.807, 2.05) is 0 Å². The van der Waals surface area contributed by atoms with E-state index in [9.17, 15) is 22.4 Å². The lowest BCUT2D eigenvalue weighted by molar-refractivity contribution is -0.137. The first-order chi connectivity index (χ1) is 10.3. The molecule has 0 aliphatic carbocycles. The van der Waals surface area contributed by atoms with E-state index in [-0.39, 0.29) is 23.4 Å². The van der Waals surface area contributed by atoms with Crippen LogP contribution in [0.2, 0.25) is 0 Å². The van der Waals surface area contributed by atoms with Gasteiger partial charge in [-0.25, -0.2) is 9.18 Å². The number of rotatable bonds is 4. The van der Waals surface area contributed by atoms with Crippen LogP contribution in [-0.4, -0.2) is 11.1 Å². The normalized spacial score (nSPS) is 11.3. The molecule has 116 valence electrons. The Kier molecular flexibility index (Phi) is 4.35. The van der Waals surface area contributed by atoms with E-state index in [4.69, 9.17) is 5.11 Å². The largest absolute Gasteiger partial charge is 0.478 e. The predicted molar refractivity (Wildman–Crippen MR) is 72.1 cm³/mol. The Morgan fingerprint density at radius 2 is 1.86 bits per heavy atom. The Balaban J connectivity index is 2.12. The lowest BCUT2D eigenvalue weighted by atomic mass is 10.1. The Hall–Kier alpha value is -2.57. The van der Waals surface area contributed by atoms with Crippen LogP contribution in [0.25, 0.3) is 0 Å². The molecule has 0 heterocycles. The maximum Gasteiger partial charge on any atom is 0.416 e. The molecule has 2 aromatic carbocycles. The third-order valence-electron chi connectivity index (χ3n) is 2.97. The molecular weight excluding hydrogens is 302 g/mol. The third kappa shape index (κ3) is 3.75. The smallest absolute Gasteiger partial charge is 0.416 e. The number of anilines is 1. The van der Waals surface area contributed by atoms with Crippen LogP contribution >= 0.6 is 0 Å². The lowest BCUT2D eigenvalue weighted by Gasteiger charge is -2.11. The molecule has 0 atom stereocenters. The highest BCUT2D eigenvalue weighted by molar-refractivity contribution is 5.87. The summed E-state index contributed by atoms with van der Waals surface area (Å²) in [6, 6.07) is 7.91. The van der Waals surface area contributed by atoms with Crippen LogP contribution in [0.1, 0.15) is 21.5 Å². The molecule has 0 amide bonds. The molecule has 0 saturated carbocycles. The number of alkyl halides is 3. The molecule has 0 fully saturated rings. The van der Waals surface area contributed by atoms with E-state index in [2.05, 4.69) is 5.32 Å². The van der Waals surface area contributed by atoms with E-state index >= 15 is 0 Å². The summed E-state index contributed by atoms with van der Waals surface area (Å²) in [4.78, 5) is 10.7. The minimum atomic E-state index is -4.45. The first-order valence-corrected chi connectivity index (χ1v) is 6.20. The molecule has 0 aromatic heterocycles. The van der Waals surface area contributed by atoms with Gasteiger partial charge in [0.15, 0.2) is 0 Å². The van der Waals surface area contributed by atoms with Gasteiger partial charge in [-0.1, -0.05) is 12.1 Å². The van der Waals surface area contributed by atoms with E-state index < -0.39 is 23.5 Å². The fourth-order valence-electron chi connectivity index (χ4n) is 1.83. The van der Waals surface area contributed by atoms with Crippen molar-refractivity contribution < 1.29 is 27.5 Å². The fraction of sp³-hybridized carbons (Fsp3) is 0.133. The van der Waals surface area contributed by atoms with Gasteiger partial charge in [0.05, 0.1) is 11.1 Å². The van der Waals surface area contributed by atoms with Crippen molar-refractivity contribution in [3.63, 3.8) is 0 Å². The van der Waals surface area contributed by atoms with Crippen molar-refractivity contribution in [1.82, 2.24) is 0 Å². The topological polar surface area (TPSA) is 49.3 Å². The Bertz CT molecular complexity index is 698. The second kappa shape index (κ2) is 6.05. The van der Waals surface area contributed by atoms with E-state index in [1.54, 1.807) is 0 Å². The highest BCUT2D eigenvalue weighted by Gasteiger charge is 2.30. The number of carbonyl (C=O) groups is 1. The zero-order valence-corrected chi connectivity index (χ0v) is 11.1. The van der Waals surface area contributed by atoms with Gasteiger partial charge in [-0.05, 0) is 30.3 Å². The van der Waals surface area contributed by atoms with Crippen molar-refractivity contribution in [1.29, 1.82) is 0 Å². The first-order valence-electron chi connectivity index (χ1n) is 6.20. The number of halogens is 4. The summed E-state index contributed by atoms with van der Waals surface area (Å²) < 4.78 is 51.4. The molecule has 0 aliphatic rings.